The number of hydrogen-bond acceptors (Lipinski definition) is 4. The van der Waals surface area contributed by atoms with E-state index in [1.54, 1.807) is 14.0 Å². The summed E-state index contributed by atoms with van der Waals surface area (Å²) in [6, 6.07) is 8.75. The highest BCUT2D eigenvalue weighted by Crippen LogP contribution is 2.23. The maximum atomic E-state index is 12.4. The highest BCUT2D eigenvalue weighted by atomic mass is 16.5. The van der Waals surface area contributed by atoms with Gasteiger partial charge in [0, 0.05) is 7.05 Å². The zero-order chi connectivity index (χ0) is 16.0. The second-order valence-electron chi connectivity index (χ2n) is 5.46. The summed E-state index contributed by atoms with van der Waals surface area (Å²) in [5.74, 6) is -0.593. The second kappa shape index (κ2) is 7.22. The topological polar surface area (TPSA) is 67.4 Å². The van der Waals surface area contributed by atoms with Crippen molar-refractivity contribution in [3.8, 4) is 0 Å². The molecule has 0 fully saturated rings. The van der Waals surface area contributed by atoms with Crippen molar-refractivity contribution >= 4 is 11.9 Å². The Balaban J connectivity index is 3.20. The standard InChI is InChI=1S/C16H24N2O3/c1-11(2)13(14(19)21-5)18-16(3,15(20)17-4)12-9-7-6-8-10-12/h6-11,13,18H,1-5H3,(H,17,20)/t13-,16-/m0/s1. The summed E-state index contributed by atoms with van der Waals surface area (Å²) in [5, 5.41) is 5.81. The maximum Gasteiger partial charge on any atom is 0.323 e. The first kappa shape index (κ1) is 17.2. The van der Waals surface area contributed by atoms with Gasteiger partial charge in [0.25, 0.3) is 0 Å². The van der Waals surface area contributed by atoms with E-state index in [0.29, 0.717) is 0 Å². The second-order valence-corrected chi connectivity index (χ2v) is 5.46. The molecular weight excluding hydrogens is 268 g/mol. The lowest BCUT2D eigenvalue weighted by Gasteiger charge is -2.34. The van der Waals surface area contributed by atoms with Gasteiger partial charge in [0.05, 0.1) is 7.11 Å². The predicted molar refractivity (Wildman–Crippen MR) is 81.6 cm³/mol. The number of carbonyl (C=O) groups excluding carboxylic acids is 2. The summed E-state index contributed by atoms with van der Waals surface area (Å²) < 4.78 is 4.84. The number of nitrogens with one attached hydrogen (secondary N) is 2. The molecule has 0 saturated carbocycles. The Morgan fingerprint density at radius 1 is 1.19 bits per heavy atom. The van der Waals surface area contributed by atoms with E-state index >= 15 is 0 Å². The monoisotopic (exact) mass is 292 g/mol. The fraction of sp³-hybridized carbons (Fsp3) is 0.500. The zero-order valence-corrected chi connectivity index (χ0v) is 13.3. The Morgan fingerprint density at radius 3 is 2.19 bits per heavy atom. The molecule has 2 atom stereocenters. The maximum absolute atomic E-state index is 12.4. The number of rotatable bonds is 6. The van der Waals surface area contributed by atoms with E-state index in [2.05, 4.69) is 10.6 Å². The Labute approximate surface area is 126 Å². The van der Waals surface area contributed by atoms with Gasteiger partial charge in [0.1, 0.15) is 11.6 Å². The van der Waals surface area contributed by atoms with Gasteiger partial charge < -0.3 is 10.1 Å². The van der Waals surface area contributed by atoms with Gasteiger partial charge in [-0.2, -0.15) is 0 Å². The minimum absolute atomic E-state index is 0.00913. The lowest BCUT2D eigenvalue weighted by molar-refractivity contribution is -0.145. The largest absolute Gasteiger partial charge is 0.468 e. The third-order valence-corrected chi connectivity index (χ3v) is 3.60. The van der Waals surface area contributed by atoms with Crippen LogP contribution < -0.4 is 10.6 Å². The van der Waals surface area contributed by atoms with E-state index in [9.17, 15) is 9.59 Å². The van der Waals surface area contributed by atoms with Crippen molar-refractivity contribution < 1.29 is 14.3 Å². The normalized spacial score (nSPS) is 15.1. The van der Waals surface area contributed by atoms with E-state index in [0.717, 1.165) is 5.56 Å². The highest BCUT2D eigenvalue weighted by molar-refractivity contribution is 5.88. The molecule has 0 saturated heterocycles. The van der Waals surface area contributed by atoms with Gasteiger partial charge in [-0.3, -0.25) is 14.9 Å². The molecule has 0 bridgehead atoms. The van der Waals surface area contributed by atoms with Crippen molar-refractivity contribution in [1.82, 2.24) is 10.6 Å². The molecule has 0 heterocycles. The zero-order valence-electron chi connectivity index (χ0n) is 13.3. The van der Waals surface area contributed by atoms with Crippen molar-refractivity contribution in [2.75, 3.05) is 14.2 Å². The van der Waals surface area contributed by atoms with Crippen molar-refractivity contribution in [3.63, 3.8) is 0 Å². The predicted octanol–water partition coefficient (Wildman–Crippen LogP) is 1.43. The molecular formula is C16H24N2O3. The number of likely N-dealkylation sites (N-methyl/N-ethyl adjacent to an activating group) is 1. The first-order valence-corrected chi connectivity index (χ1v) is 7.00. The van der Waals surface area contributed by atoms with Crippen LogP contribution in [0, 0.1) is 5.92 Å². The van der Waals surface area contributed by atoms with Crippen LogP contribution in [0.25, 0.3) is 0 Å². The number of ether oxygens (including phenoxy) is 1. The molecule has 1 rings (SSSR count). The molecule has 116 valence electrons. The van der Waals surface area contributed by atoms with Crippen molar-refractivity contribution in [3.05, 3.63) is 35.9 Å². The molecule has 1 amide bonds. The summed E-state index contributed by atoms with van der Waals surface area (Å²) in [6.07, 6.45) is 0. The molecule has 5 nitrogen and oxygen atoms in total. The quantitative estimate of drug-likeness (QED) is 0.779. The lowest BCUT2D eigenvalue weighted by atomic mass is 9.88. The van der Waals surface area contributed by atoms with E-state index in [1.165, 1.54) is 7.11 Å². The van der Waals surface area contributed by atoms with Crippen LogP contribution in [0.15, 0.2) is 30.3 Å². The lowest BCUT2D eigenvalue weighted by Crippen LogP contribution is -2.58. The average Bonchev–Trinajstić information content (AvgIpc) is 2.51. The van der Waals surface area contributed by atoms with Crippen molar-refractivity contribution in [2.45, 2.75) is 32.4 Å². The molecule has 0 aromatic heterocycles. The summed E-state index contributed by atoms with van der Waals surface area (Å²) in [6.45, 7) is 5.58. The number of esters is 1. The first-order valence-electron chi connectivity index (χ1n) is 7.00. The van der Waals surface area contributed by atoms with E-state index < -0.39 is 11.6 Å². The fourth-order valence-electron chi connectivity index (χ4n) is 2.24. The number of hydrogen-bond donors (Lipinski definition) is 2. The average molecular weight is 292 g/mol. The summed E-state index contributed by atoms with van der Waals surface area (Å²) >= 11 is 0. The molecule has 0 radical (unpaired) electrons. The Hall–Kier alpha value is -1.88. The SMILES string of the molecule is CNC(=O)[C@@](C)(N[C@H](C(=O)OC)C(C)C)c1ccccc1. The highest BCUT2D eigenvalue weighted by Gasteiger charge is 2.39. The fourth-order valence-corrected chi connectivity index (χ4v) is 2.24. The molecule has 1 aromatic rings. The molecule has 5 heteroatoms. The van der Waals surface area contributed by atoms with Gasteiger partial charge in [-0.05, 0) is 18.4 Å². The third kappa shape index (κ3) is 3.82. The molecule has 21 heavy (non-hydrogen) atoms. The van der Waals surface area contributed by atoms with E-state index in [4.69, 9.17) is 4.74 Å². The van der Waals surface area contributed by atoms with Crippen LogP contribution in [0.1, 0.15) is 26.3 Å². The van der Waals surface area contributed by atoms with Crippen LogP contribution in [0.4, 0.5) is 0 Å². The van der Waals surface area contributed by atoms with Crippen LogP contribution >= 0.6 is 0 Å². The molecule has 0 aliphatic rings. The van der Waals surface area contributed by atoms with Gasteiger partial charge in [0.15, 0.2) is 0 Å². The van der Waals surface area contributed by atoms with E-state index in [1.807, 2.05) is 44.2 Å². The molecule has 0 unspecified atom stereocenters. The van der Waals surface area contributed by atoms with Crippen LogP contribution in [0.5, 0.6) is 0 Å². The molecule has 0 spiro atoms. The summed E-state index contributed by atoms with van der Waals surface area (Å²) in [7, 11) is 2.92. The third-order valence-electron chi connectivity index (χ3n) is 3.60. The van der Waals surface area contributed by atoms with Gasteiger partial charge in [0.2, 0.25) is 5.91 Å². The van der Waals surface area contributed by atoms with Gasteiger partial charge in [-0.15, -0.1) is 0 Å². The Bertz CT molecular complexity index is 488. The molecule has 1 aromatic carbocycles. The van der Waals surface area contributed by atoms with Crippen molar-refractivity contribution in [2.24, 2.45) is 5.92 Å². The van der Waals surface area contributed by atoms with E-state index in [-0.39, 0.29) is 17.8 Å². The summed E-state index contributed by atoms with van der Waals surface area (Å²) in [4.78, 5) is 24.3. The van der Waals surface area contributed by atoms with Gasteiger partial charge in [-0.25, -0.2) is 0 Å². The van der Waals surface area contributed by atoms with Crippen molar-refractivity contribution in [1.29, 1.82) is 0 Å². The molecule has 2 N–H and O–H groups in total. The van der Waals surface area contributed by atoms with Crippen LogP contribution in [0.2, 0.25) is 0 Å². The Kier molecular flexibility index (Phi) is 5.90. The van der Waals surface area contributed by atoms with Crippen LogP contribution in [0.3, 0.4) is 0 Å². The number of benzene rings is 1. The number of amides is 1. The summed E-state index contributed by atoms with van der Waals surface area (Å²) in [5.41, 5.74) is -0.224. The van der Waals surface area contributed by atoms with Gasteiger partial charge >= 0.3 is 5.97 Å². The number of methoxy groups -OCH3 is 1. The minimum Gasteiger partial charge on any atom is -0.468 e. The molecule has 0 aliphatic heterocycles. The molecule has 0 aliphatic carbocycles. The smallest absolute Gasteiger partial charge is 0.323 e. The van der Waals surface area contributed by atoms with Crippen LogP contribution in [-0.4, -0.2) is 32.1 Å². The van der Waals surface area contributed by atoms with Crippen LogP contribution in [-0.2, 0) is 19.9 Å². The number of carbonyl (C=O) groups is 2. The van der Waals surface area contributed by atoms with Gasteiger partial charge in [-0.1, -0.05) is 44.2 Å². The Morgan fingerprint density at radius 2 is 1.76 bits per heavy atom. The minimum atomic E-state index is -1.01. The first-order chi connectivity index (χ1) is 9.86.